The fourth-order valence-corrected chi connectivity index (χ4v) is 2.48. The SMILES string of the molecule is COc1cc(C)nc(CN(C)c2ccc(Br)cc2N)c1. The number of benzene rings is 1. The highest BCUT2D eigenvalue weighted by atomic mass is 79.9. The zero-order valence-electron chi connectivity index (χ0n) is 11.9. The van der Waals surface area contributed by atoms with Gasteiger partial charge in [-0.1, -0.05) is 15.9 Å². The molecule has 0 spiro atoms. The first-order valence-corrected chi connectivity index (χ1v) is 7.06. The minimum atomic E-state index is 0.671. The van der Waals surface area contributed by atoms with E-state index < -0.39 is 0 Å². The number of anilines is 2. The third-order valence-corrected chi connectivity index (χ3v) is 3.51. The predicted octanol–water partition coefficient (Wildman–Crippen LogP) is 3.38. The number of halogens is 1. The van der Waals surface area contributed by atoms with E-state index in [0.29, 0.717) is 6.54 Å². The highest BCUT2D eigenvalue weighted by molar-refractivity contribution is 9.10. The summed E-state index contributed by atoms with van der Waals surface area (Å²) >= 11 is 3.41. The minimum Gasteiger partial charge on any atom is -0.497 e. The topological polar surface area (TPSA) is 51.4 Å². The average Bonchev–Trinajstić information content (AvgIpc) is 2.37. The Morgan fingerprint density at radius 2 is 2.05 bits per heavy atom. The molecule has 0 aliphatic heterocycles. The minimum absolute atomic E-state index is 0.671. The second-order valence-electron chi connectivity index (χ2n) is 4.70. The first-order chi connectivity index (χ1) is 9.49. The van der Waals surface area contributed by atoms with Crippen LogP contribution < -0.4 is 15.4 Å². The van der Waals surface area contributed by atoms with Crippen molar-refractivity contribution >= 4 is 27.3 Å². The number of nitrogens with zero attached hydrogens (tertiary/aromatic N) is 2. The van der Waals surface area contributed by atoms with Gasteiger partial charge in [0.25, 0.3) is 0 Å². The van der Waals surface area contributed by atoms with Gasteiger partial charge in [-0.25, -0.2) is 0 Å². The van der Waals surface area contributed by atoms with Crippen molar-refractivity contribution in [2.75, 3.05) is 24.8 Å². The van der Waals surface area contributed by atoms with Gasteiger partial charge >= 0.3 is 0 Å². The van der Waals surface area contributed by atoms with Crippen molar-refractivity contribution in [3.63, 3.8) is 0 Å². The molecule has 1 heterocycles. The third kappa shape index (κ3) is 3.42. The van der Waals surface area contributed by atoms with Crippen LogP contribution in [-0.2, 0) is 6.54 Å². The summed E-state index contributed by atoms with van der Waals surface area (Å²) in [6.45, 7) is 2.63. The smallest absolute Gasteiger partial charge is 0.122 e. The zero-order valence-corrected chi connectivity index (χ0v) is 13.4. The molecule has 1 aromatic carbocycles. The molecular weight excluding hydrogens is 318 g/mol. The van der Waals surface area contributed by atoms with Gasteiger partial charge in [0.05, 0.1) is 30.7 Å². The summed E-state index contributed by atoms with van der Waals surface area (Å²) in [6.07, 6.45) is 0. The van der Waals surface area contributed by atoms with Crippen LogP contribution in [0.1, 0.15) is 11.4 Å². The highest BCUT2D eigenvalue weighted by Gasteiger charge is 2.08. The Hall–Kier alpha value is -1.75. The molecule has 0 unspecified atom stereocenters. The van der Waals surface area contributed by atoms with E-state index >= 15 is 0 Å². The normalized spacial score (nSPS) is 10.4. The molecular formula is C15H18BrN3O. The third-order valence-electron chi connectivity index (χ3n) is 3.02. The molecule has 0 aliphatic carbocycles. The predicted molar refractivity (Wildman–Crippen MR) is 86.2 cm³/mol. The van der Waals surface area contributed by atoms with Crippen LogP contribution in [0, 0.1) is 6.92 Å². The maximum atomic E-state index is 6.05. The molecule has 106 valence electrons. The molecule has 2 aromatic rings. The van der Waals surface area contributed by atoms with E-state index in [1.807, 2.05) is 44.3 Å². The van der Waals surface area contributed by atoms with Crippen LogP contribution in [-0.4, -0.2) is 19.1 Å². The molecule has 0 fully saturated rings. The number of aryl methyl sites for hydroxylation is 1. The maximum Gasteiger partial charge on any atom is 0.122 e. The van der Waals surface area contributed by atoms with E-state index in [2.05, 4.69) is 25.8 Å². The molecule has 2 rings (SSSR count). The number of hydrogen-bond acceptors (Lipinski definition) is 4. The van der Waals surface area contributed by atoms with Gasteiger partial charge in [-0.3, -0.25) is 4.98 Å². The van der Waals surface area contributed by atoms with E-state index in [9.17, 15) is 0 Å². The molecule has 0 atom stereocenters. The van der Waals surface area contributed by atoms with Crippen molar-refractivity contribution in [3.8, 4) is 5.75 Å². The molecule has 0 aliphatic rings. The lowest BCUT2D eigenvalue weighted by Gasteiger charge is -2.21. The van der Waals surface area contributed by atoms with E-state index in [0.717, 1.165) is 33.0 Å². The first-order valence-electron chi connectivity index (χ1n) is 6.27. The standard InChI is InChI=1S/C15H18BrN3O/c1-10-6-13(20-3)8-12(18-10)9-19(2)15-5-4-11(16)7-14(15)17/h4-8H,9,17H2,1-3H3. The number of nitrogens with two attached hydrogens (primary N) is 1. The van der Waals surface area contributed by atoms with E-state index in [1.165, 1.54) is 0 Å². The van der Waals surface area contributed by atoms with E-state index in [4.69, 9.17) is 10.5 Å². The number of nitrogen functional groups attached to an aromatic ring is 1. The van der Waals surface area contributed by atoms with Gasteiger partial charge < -0.3 is 15.4 Å². The van der Waals surface area contributed by atoms with Crippen LogP contribution in [0.3, 0.4) is 0 Å². The van der Waals surface area contributed by atoms with E-state index in [1.54, 1.807) is 7.11 Å². The monoisotopic (exact) mass is 335 g/mol. The number of methoxy groups -OCH3 is 1. The Balaban J connectivity index is 2.22. The number of hydrogen-bond donors (Lipinski definition) is 1. The molecule has 1 aromatic heterocycles. The van der Waals surface area contributed by atoms with Crippen molar-refractivity contribution in [1.82, 2.24) is 4.98 Å². The van der Waals surface area contributed by atoms with Crippen molar-refractivity contribution in [3.05, 3.63) is 46.2 Å². The lowest BCUT2D eigenvalue weighted by atomic mass is 10.2. The van der Waals surface area contributed by atoms with Gasteiger partial charge in [0.1, 0.15) is 5.75 Å². The lowest BCUT2D eigenvalue weighted by molar-refractivity contribution is 0.413. The van der Waals surface area contributed by atoms with Gasteiger partial charge in [0.2, 0.25) is 0 Å². The highest BCUT2D eigenvalue weighted by Crippen LogP contribution is 2.27. The Bertz CT molecular complexity index is 616. The van der Waals surface area contributed by atoms with Crippen LogP contribution in [0.4, 0.5) is 11.4 Å². The zero-order chi connectivity index (χ0) is 14.7. The summed E-state index contributed by atoms with van der Waals surface area (Å²) < 4.78 is 6.25. The molecule has 0 radical (unpaired) electrons. The maximum absolute atomic E-state index is 6.05. The second kappa shape index (κ2) is 6.13. The Kier molecular flexibility index (Phi) is 4.49. The quantitative estimate of drug-likeness (QED) is 0.870. The Morgan fingerprint density at radius 3 is 2.70 bits per heavy atom. The molecule has 0 saturated heterocycles. The van der Waals surface area contributed by atoms with Gasteiger partial charge in [-0.2, -0.15) is 0 Å². The molecule has 0 saturated carbocycles. The lowest BCUT2D eigenvalue weighted by Crippen LogP contribution is -2.18. The van der Waals surface area contributed by atoms with Crippen LogP contribution in [0.2, 0.25) is 0 Å². The number of pyridine rings is 1. The molecule has 20 heavy (non-hydrogen) atoms. The van der Waals surface area contributed by atoms with Gasteiger partial charge in [0.15, 0.2) is 0 Å². The Labute approximate surface area is 127 Å². The molecule has 5 heteroatoms. The fourth-order valence-electron chi connectivity index (χ4n) is 2.10. The summed E-state index contributed by atoms with van der Waals surface area (Å²) in [5.74, 6) is 0.824. The number of rotatable bonds is 4. The Morgan fingerprint density at radius 1 is 1.30 bits per heavy atom. The van der Waals surface area contributed by atoms with Crippen LogP contribution in [0.15, 0.2) is 34.8 Å². The van der Waals surface area contributed by atoms with Gasteiger partial charge in [0, 0.05) is 29.3 Å². The first kappa shape index (κ1) is 14.7. The molecule has 0 bridgehead atoms. The summed E-state index contributed by atoms with van der Waals surface area (Å²) in [4.78, 5) is 6.60. The van der Waals surface area contributed by atoms with Crippen molar-refractivity contribution < 1.29 is 4.74 Å². The van der Waals surface area contributed by atoms with Gasteiger partial charge in [-0.15, -0.1) is 0 Å². The number of ether oxygens (including phenoxy) is 1. The fraction of sp³-hybridized carbons (Fsp3) is 0.267. The summed E-state index contributed by atoms with van der Waals surface area (Å²) in [5.41, 5.74) is 9.66. The van der Waals surface area contributed by atoms with Crippen molar-refractivity contribution in [1.29, 1.82) is 0 Å². The van der Waals surface area contributed by atoms with Crippen molar-refractivity contribution in [2.45, 2.75) is 13.5 Å². The largest absolute Gasteiger partial charge is 0.497 e. The van der Waals surface area contributed by atoms with Crippen LogP contribution in [0.25, 0.3) is 0 Å². The van der Waals surface area contributed by atoms with Crippen LogP contribution >= 0.6 is 15.9 Å². The molecule has 0 amide bonds. The van der Waals surface area contributed by atoms with Gasteiger partial charge in [-0.05, 0) is 25.1 Å². The van der Waals surface area contributed by atoms with E-state index in [-0.39, 0.29) is 0 Å². The molecule has 2 N–H and O–H groups in total. The second-order valence-corrected chi connectivity index (χ2v) is 5.61. The number of aromatic nitrogens is 1. The summed E-state index contributed by atoms with van der Waals surface area (Å²) in [6, 6.07) is 9.73. The molecule has 4 nitrogen and oxygen atoms in total. The van der Waals surface area contributed by atoms with Crippen molar-refractivity contribution in [2.24, 2.45) is 0 Å². The van der Waals surface area contributed by atoms with Crippen LogP contribution in [0.5, 0.6) is 5.75 Å². The average molecular weight is 336 g/mol. The summed E-state index contributed by atoms with van der Waals surface area (Å²) in [7, 11) is 3.66. The summed E-state index contributed by atoms with van der Waals surface area (Å²) in [5, 5.41) is 0.